The fourth-order valence-corrected chi connectivity index (χ4v) is 2.34. The molecule has 1 aromatic carbocycles. The van der Waals surface area contributed by atoms with E-state index >= 15 is 0 Å². The van der Waals surface area contributed by atoms with E-state index in [2.05, 4.69) is 39.6 Å². The molecule has 0 bridgehead atoms. The molecule has 0 fully saturated rings. The summed E-state index contributed by atoms with van der Waals surface area (Å²) in [5.41, 5.74) is 4.86. The minimum atomic E-state index is -0.400. The SMILES string of the molecule is CCN(CC)c1ccc(C=NNC(=O)CNC(=O)c2ccncc2)cc1. The number of benzene rings is 1. The van der Waals surface area contributed by atoms with Crippen molar-refractivity contribution in [2.75, 3.05) is 24.5 Å². The molecule has 2 amide bonds. The number of hydrazone groups is 1. The average Bonchev–Trinajstić information content (AvgIpc) is 2.69. The van der Waals surface area contributed by atoms with Gasteiger partial charge in [-0.25, -0.2) is 5.43 Å². The highest BCUT2D eigenvalue weighted by molar-refractivity contribution is 5.96. The maximum Gasteiger partial charge on any atom is 0.259 e. The second-order valence-corrected chi connectivity index (χ2v) is 5.48. The Labute approximate surface area is 153 Å². The van der Waals surface area contributed by atoms with Gasteiger partial charge in [-0.15, -0.1) is 0 Å². The molecule has 1 heterocycles. The molecule has 0 aliphatic rings. The highest BCUT2D eigenvalue weighted by atomic mass is 16.2. The zero-order chi connectivity index (χ0) is 18.8. The molecule has 0 saturated heterocycles. The van der Waals surface area contributed by atoms with E-state index in [0.29, 0.717) is 5.56 Å². The predicted octanol–water partition coefficient (Wildman–Crippen LogP) is 1.81. The Kier molecular flexibility index (Phi) is 7.30. The topological polar surface area (TPSA) is 86.7 Å². The van der Waals surface area contributed by atoms with Gasteiger partial charge in [0.15, 0.2) is 0 Å². The van der Waals surface area contributed by atoms with Crippen LogP contribution in [0.25, 0.3) is 0 Å². The van der Waals surface area contributed by atoms with E-state index in [1.54, 1.807) is 18.3 Å². The van der Waals surface area contributed by atoms with E-state index in [9.17, 15) is 9.59 Å². The summed E-state index contributed by atoms with van der Waals surface area (Å²) >= 11 is 0. The lowest BCUT2D eigenvalue weighted by Crippen LogP contribution is -2.34. The maximum absolute atomic E-state index is 11.8. The second-order valence-electron chi connectivity index (χ2n) is 5.48. The van der Waals surface area contributed by atoms with E-state index in [1.807, 2.05) is 24.3 Å². The predicted molar refractivity (Wildman–Crippen MR) is 102 cm³/mol. The largest absolute Gasteiger partial charge is 0.372 e. The van der Waals surface area contributed by atoms with Crippen molar-refractivity contribution in [2.45, 2.75) is 13.8 Å². The number of anilines is 1. The van der Waals surface area contributed by atoms with Crippen LogP contribution in [0.1, 0.15) is 29.8 Å². The molecule has 2 rings (SSSR count). The van der Waals surface area contributed by atoms with Crippen molar-refractivity contribution in [3.8, 4) is 0 Å². The zero-order valence-corrected chi connectivity index (χ0v) is 15.0. The van der Waals surface area contributed by atoms with Crippen LogP contribution in [0.5, 0.6) is 0 Å². The summed E-state index contributed by atoms with van der Waals surface area (Å²) in [5.74, 6) is -0.734. The van der Waals surface area contributed by atoms with Gasteiger partial charge < -0.3 is 10.2 Å². The van der Waals surface area contributed by atoms with Crippen LogP contribution in [-0.4, -0.2) is 42.6 Å². The summed E-state index contributed by atoms with van der Waals surface area (Å²) in [7, 11) is 0. The molecule has 1 aromatic heterocycles. The molecule has 2 N–H and O–H groups in total. The summed E-state index contributed by atoms with van der Waals surface area (Å²) in [5, 5.41) is 6.43. The number of nitrogens with zero attached hydrogens (tertiary/aromatic N) is 3. The summed E-state index contributed by atoms with van der Waals surface area (Å²) in [4.78, 5) is 29.6. The van der Waals surface area contributed by atoms with Gasteiger partial charge in [0.25, 0.3) is 11.8 Å². The van der Waals surface area contributed by atoms with Gasteiger partial charge in [0.1, 0.15) is 0 Å². The summed E-state index contributed by atoms with van der Waals surface area (Å²) in [6, 6.07) is 11.1. The van der Waals surface area contributed by atoms with Crippen LogP contribution in [-0.2, 0) is 4.79 Å². The number of pyridine rings is 1. The molecule has 0 unspecified atom stereocenters. The van der Waals surface area contributed by atoms with Crippen molar-refractivity contribution >= 4 is 23.7 Å². The van der Waals surface area contributed by atoms with Crippen molar-refractivity contribution in [1.29, 1.82) is 0 Å². The summed E-state index contributed by atoms with van der Waals surface area (Å²) in [6.45, 7) is 5.97. The van der Waals surface area contributed by atoms with Crippen LogP contribution in [0, 0.1) is 0 Å². The fraction of sp³-hybridized carbons (Fsp3) is 0.263. The number of rotatable bonds is 8. The van der Waals surface area contributed by atoms with Gasteiger partial charge in [-0.1, -0.05) is 12.1 Å². The number of aromatic nitrogens is 1. The minimum Gasteiger partial charge on any atom is -0.372 e. The van der Waals surface area contributed by atoms with Gasteiger partial charge in [-0.05, 0) is 43.7 Å². The molecular formula is C19H23N5O2. The van der Waals surface area contributed by atoms with Crippen molar-refractivity contribution in [2.24, 2.45) is 5.10 Å². The van der Waals surface area contributed by atoms with E-state index in [1.165, 1.54) is 12.4 Å². The minimum absolute atomic E-state index is 0.153. The normalized spacial score (nSPS) is 10.5. The average molecular weight is 353 g/mol. The van der Waals surface area contributed by atoms with Crippen LogP contribution in [0.3, 0.4) is 0 Å². The molecule has 7 nitrogen and oxygen atoms in total. The zero-order valence-electron chi connectivity index (χ0n) is 15.0. The Morgan fingerprint density at radius 3 is 2.35 bits per heavy atom. The number of carbonyl (C=O) groups is 2. The smallest absolute Gasteiger partial charge is 0.259 e. The Morgan fingerprint density at radius 2 is 1.73 bits per heavy atom. The standard InChI is InChI=1S/C19H23N5O2/c1-3-24(4-2)17-7-5-15(6-8-17)13-22-23-18(25)14-21-19(26)16-9-11-20-12-10-16/h5-13H,3-4,14H2,1-2H3,(H,21,26)(H,23,25). The molecule has 0 aliphatic carbocycles. The van der Waals surface area contributed by atoms with Crippen LogP contribution < -0.4 is 15.6 Å². The van der Waals surface area contributed by atoms with Crippen LogP contribution in [0.2, 0.25) is 0 Å². The molecule has 2 aromatic rings. The summed E-state index contributed by atoms with van der Waals surface area (Å²) < 4.78 is 0. The fourth-order valence-electron chi connectivity index (χ4n) is 2.34. The third-order valence-corrected chi connectivity index (χ3v) is 3.78. The number of amides is 2. The van der Waals surface area contributed by atoms with Crippen LogP contribution in [0.15, 0.2) is 53.9 Å². The highest BCUT2D eigenvalue weighted by Crippen LogP contribution is 2.13. The first kappa shape index (κ1) is 19.1. The van der Waals surface area contributed by atoms with Gasteiger partial charge in [0.2, 0.25) is 0 Å². The van der Waals surface area contributed by atoms with E-state index in [-0.39, 0.29) is 12.5 Å². The lowest BCUT2D eigenvalue weighted by molar-refractivity contribution is -0.120. The monoisotopic (exact) mass is 353 g/mol. The first-order valence-corrected chi connectivity index (χ1v) is 8.49. The van der Waals surface area contributed by atoms with Gasteiger partial charge in [-0.2, -0.15) is 5.10 Å². The lowest BCUT2D eigenvalue weighted by atomic mass is 10.2. The van der Waals surface area contributed by atoms with Gasteiger partial charge >= 0.3 is 0 Å². The first-order valence-electron chi connectivity index (χ1n) is 8.49. The van der Waals surface area contributed by atoms with Crippen molar-refractivity contribution in [3.05, 3.63) is 59.9 Å². The molecule has 26 heavy (non-hydrogen) atoms. The molecule has 0 aliphatic heterocycles. The lowest BCUT2D eigenvalue weighted by Gasteiger charge is -2.20. The Balaban J connectivity index is 1.79. The molecule has 0 atom stereocenters. The molecular weight excluding hydrogens is 330 g/mol. The quantitative estimate of drug-likeness (QED) is 0.560. The number of hydrogen-bond acceptors (Lipinski definition) is 5. The Hall–Kier alpha value is -3.22. The Morgan fingerprint density at radius 1 is 1.08 bits per heavy atom. The highest BCUT2D eigenvalue weighted by Gasteiger charge is 2.06. The second kappa shape index (κ2) is 9.93. The summed E-state index contributed by atoms with van der Waals surface area (Å²) in [6.07, 6.45) is 4.60. The van der Waals surface area contributed by atoms with E-state index in [4.69, 9.17) is 0 Å². The van der Waals surface area contributed by atoms with Crippen molar-refractivity contribution < 1.29 is 9.59 Å². The Bertz CT molecular complexity index is 740. The van der Waals surface area contributed by atoms with Gasteiger partial charge in [0, 0.05) is 36.7 Å². The van der Waals surface area contributed by atoms with Crippen LogP contribution in [0.4, 0.5) is 5.69 Å². The van der Waals surface area contributed by atoms with Crippen LogP contribution >= 0.6 is 0 Å². The van der Waals surface area contributed by atoms with Crippen molar-refractivity contribution in [1.82, 2.24) is 15.7 Å². The third-order valence-electron chi connectivity index (χ3n) is 3.78. The number of hydrogen-bond donors (Lipinski definition) is 2. The van der Waals surface area contributed by atoms with E-state index in [0.717, 1.165) is 24.3 Å². The van der Waals surface area contributed by atoms with Gasteiger partial charge in [-0.3, -0.25) is 14.6 Å². The van der Waals surface area contributed by atoms with Crippen molar-refractivity contribution in [3.63, 3.8) is 0 Å². The molecule has 7 heteroatoms. The molecule has 0 spiro atoms. The van der Waals surface area contributed by atoms with Gasteiger partial charge in [0.05, 0.1) is 12.8 Å². The maximum atomic E-state index is 11.8. The van der Waals surface area contributed by atoms with E-state index < -0.39 is 5.91 Å². The molecule has 0 radical (unpaired) electrons. The number of nitrogens with one attached hydrogen (secondary N) is 2. The third kappa shape index (κ3) is 5.70. The molecule has 0 saturated carbocycles. The number of carbonyl (C=O) groups excluding carboxylic acids is 2. The molecule has 136 valence electrons. The first-order chi connectivity index (χ1) is 12.6.